The number of hydrogen-bond donors (Lipinski definition) is 1. The Balaban J connectivity index is 1.39. The Morgan fingerprint density at radius 1 is 1.03 bits per heavy atom. The van der Waals surface area contributed by atoms with Crippen LogP contribution in [0, 0.1) is 0 Å². The van der Waals surface area contributed by atoms with Crippen molar-refractivity contribution in [1.29, 1.82) is 0 Å². The van der Waals surface area contributed by atoms with Gasteiger partial charge in [-0.1, -0.05) is 18.2 Å². The fourth-order valence-corrected chi connectivity index (χ4v) is 3.44. The van der Waals surface area contributed by atoms with Crippen molar-refractivity contribution >= 4 is 17.3 Å². The van der Waals surface area contributed by atoms with Gasteiger partial charge in [-0.05, 0) is 43.3 Å². The van der Waals surface area contributed by atoms with E-state index in [-0.39, 0.29) is 11.9 Å². The Hall–Kier alpha value is -2.57. The van der Waals surface area contributed by atoms with Crippen LogP contribution in [-0.4, -0.2) is 75.2 Å². The van der Waals surface area contributed by atoms with Crippen LogP contribution in [-0.2, 0) is 4.79 Å². The van der Waals surface area contributed by atoms with E-state index in [9.17, 15) is 4.79 Å². The Kier molecular flexibility index (Phi) is 7.49. The number of carbonyl (C=O) groups is 1. The molecule has 1 N–H and O–H groups in total. The maximum Gasteiger partial charge on any atom is 0.241 e. The number of piperazine rings is 1. The second kappa shape index (κ2) is 10.3. The molecule has 2 aromatic rings. The average molecular weight is 397 g/mol. The molecule has 0 aromatic heterocycles. The molecule has 1 aliphatic heterocycles. The van der Waals surface area contributed by atoms with Crippen molar-refractivity contribution in [3.8, 4) is 5.75 Å². The topological polar surface area (TPSA) is 48.1 Å². The fourth-order valence-electron chi connectivity index (χ4n) is 3.44. The number of benzene rings is 2. The van der Waals surface area contributed by atoms with E-state index >= 15 is 0 Å². The molecule has 2 aromatic carbocycles. The van der Waals surface area contributed by atoms with Crippen molar-refractivity contribution in [1.82, 2.24) is 9.80 Å². The normalized spacial score (nSPS) is 16.2. The largest absolute Gasteiger partial charge is 0.492 e. The first-order chi connectivity index (χ1) is 14.0. The van der Waals surface area contributed by atoms with Gasteiger partial charge >= 0.3 is 0 Å². The maximum atomic E-state index is 12.6. The summed E-state index contributed by atoms with van der Waals surface area (Å²) in [5, 5.41) is 3.04. The Bertz CT molecular complexity index is 756. The van der Waals surface area contributed by atoms with Gasteiger partial charge < -0.3 is 15.0 Å². The number of rotatable bonds is 8. The molecule has 0 radical (unpaired) electrons. The van der Waals surface area contributed by atoms with Crippen LogP contribution in [0.15, 0.2) is 54.6 Å². The van der Waals surface area contributed by atoms with Gasteiger partial charge in [-0.3, -0.25) is 14.6 Å². The molecule has 1 amide bonds. The molecule has 6 nitrogen and oxygen atoms in total. The molecule has 1 aliphatic rings. The van der Waals surface area contributed by atoms with E-state index in [2.05, 4.69) is 15.1 Å². The van der Waals surface area contributed by atoms with E-state index in [0.717, 1.165) is 49.8 Å². The highest BCUT2D eigenvalue weighted by Gasteiger charge is 2.25. The van der Waals surface area contributed by atoms with Gasteiger partial charge in [0.25, 0.3) is 0 Å². The first-order valence-electron chi connectivity index (χ1n) is 10.3. The predicted molar refractivity (Wildman–Crippen MR) is 119 cm³/mol. The first kappa shape index (κ1) is 21.1. The summed E-state index contributed by atoms with van der Waals surface area (Å²) in [7, 11) is 4.01. The van der Waals surface area contributed by atoms with Gasteiger partial charge in [0.15, 0.2) is 0 Å². The minimum atomic E-state index is -0.147. The quantitative estimate of drug-likeness (QED) is 0.744. The zero-order valence-electron chi connectivity index (χ0n) is 17.7. The number of nitrogens with one attached hydrogen (secondary N) is 1. The summed E-state index contributed by atoms with van der Waals surface area (Å²) in [5.41, 5.74) is 1.95. The molecule has 1 atom stereocenters. The molecule has 1 heterocycles. The highest BCUT2D eigenvalue weighted by atomic mass is 16.5. The van der Waals surface area contributed by atoms with Crippen LogP contribution in [0.5, 0.6) is 5.75 Å². The molecule has 29 heavy (non-hydrogen) atoms. The molecule has 156 valence electrons. The standard InChI is InChI=1S/C23H32N4O2/c1-19(23(28)24-20-9-11-21(12-10-20)25(2)3)27-15-13-26(14-16-27)17-18-29-22-7-5-4-6-8-22/h4-12,19H,13-18H2,1-3H3,(H,24,28)/t19-/m1/s1. The van der Waals surface area contributed by atoms with Crippen molar-refractivity contribution < 1.29 is 9.53 Å². The molecule has 3 rings (SSSR count). The van der Waals surface area contributed by atoms with Gasteiger partial charge in [-0.15, -0.1) is 0 Å². The second-order valence-corrected chi connectivity index (χ2v) is 7.65. The molecule has 0 saturated carbocycles. The van der Waals surface area contributed by atoms with Crippen molar-refractivity contribution in [2.75, 3.05) is 63.6 Å². The summed E-state index contributed by atoms with van der Waals surface area (Å²) in [6.07, 6.45) is 0. The number of anilines is 2. The zero-order valence-corrected chi connectivity index (χ0v) is 17.7. The predicted octanol–water partition coefficient (Wildman–Crippen LogP) is 2.78. The molecular weight excluding hydrogens is 364 g/mol. The van der Waals surface area contributed by atoms with E-state index in [1.54, 1.807) is 0 Å². The third-order valence-electron chi connectivity index (χ3n) is 5.40. The van der Waals surface area contributed by atoms with Gasteiger partial charge in [-0.25, -0.2) is 0 Å². The lowest BCUT2D eigenvalue weighted by Gasteiger charge is -2.37. The van der Waals surface area contributed by atoms with E-state index < -0.39 is 0 Å². The molecule has 0 spiro atoms. The van der Waals surface area contributed by atoms with Crippen LogP contribution in [0.4, 0.5) is 11.4 Å². The van der Waals surface area contributed by atoms with Crippen molar-refractivity contribution in [2.24, 2.45) is 0 Å². The van der Waals surface area contributed by atoms with Crippen molar-refractivity contribution in [3.05, 3.63) is 54.6 Å². The number of carbonyl (C=O) groups excluding carboxylic acids is 1. The fraction of sp³-hybridized carbons (Fsp3) is 0.435. The zero-order chi connectivity index (χ0) is 20.6. The monoisotopic (exact) mass is 396 g/mol. The number of nitrogens with zero attached hydrogens (tertiary/aromatic N) is 3. The van der Waals surface area contributed by atoms with Gasteiger partial charge in [0, 0.05) is 58.2 Å². The van der Waals surface area contributed by atoms with Crippen molar-refractivity contribution in [3.63, 3.8) is 0 Å². The van der Waals surface area contributed by atoms with Crippen LogP contribution < -0.4 is 15.0 Å². The minimum absolute atomic E-state index is 0.0449. The van der Waals surface area contributed by atoms with E-state index in [4.69, 9.17) is 4.74 Å². The Morgan fingerprint density at radius 3 is 2.31 bits per heavy atom. The lowest BCUT2D eigenvalue weighted by atomic mass is 10.2. The van der Waals surface area contributed by atoms with Gasteiger partial charge in [0.1, 0.15) is 12.4 Å². The van der Waals surface area contributed by atoms with Gasteiger partial charge in [-0.2, -0.15) is 0 Å². The first-order valence-corrected chi connectivity index (χ1v) is 10.3. The average Bonchev–Trinajstić information content (AvgIpc) is 2.75. The molecule has 1 saturated heterocycles. The van der Waals surface area contributed by atoms with E-state index in [1.807, 2.05) is 80.5 Å². The van der Waals surface area contributed by atoms with Gasteiger partial charge in [0.05, 0.1) is 6.04 Å². The van der Waals surface area contributed by atoms with Crippen molar-refractivity contribution in [2.45, 2.75) is 13.0 Å². The van der Waals surface area contributed by atoms with Crippen LogP contribution in [0.1, 0.15) is 6.92 Å². The number of hydrogen-bond acceptors (Lipinski definition) is 5. The summed E-state index contributed by atoms with van der Waals surface area (Å²) in [6.45, 7) is 7.25. The third-order valence-corrected chi connectivity index (χ3v) is 5.40. The number of para-hydroxylation sites is 1. The van der Waals surface area contributed by atoms with E-state index in [0.29, 0.717) is 6.61 Å². The molecule has 0 bridgehead atoms. The number of ether oxygens (including phenoxy) is 1. The van der Waals surface area contributed by atoms with Crippen LogP contribution in [0.2, 0.25) is 0 Å². The van der Waals surface area contributed by atoms with Crippen LogP contribution >= 0.6 is 0 Å². The molecule has 6 heteroatoms. The lowest BCUT2D eigenvalue weighted by Crippen LogP contribution is -2.53. The lowest BCUT2D eigenvalue weighted by molar-refractivity contribution is -0.121. The summed E-state index contributed by atoms with van der Waals surface area (Å²) >= 11 is 0. The summed E-state index contributed by atoms with van der Waals surface area (Å²) in [4.78, 5) is 19.3. The van der Waals surface area contributed by atoms with Gasteiger partial charge in [0.2, 0.25) is 5.91 Å². The number of amides is 1. The Labute approximate surface area is 174 Å². The smallest absolute Gasteiger partial charge is 0.241 e. The highest BCUT2D eigenvalue weighted by Crippen LogP contribution is 2.17. The molecular formula is C23H32N4O2. The summed E-state index contributed by atoms with van der Waals surface area (Å²) in [5.74, 6) is 0.957. The molecule has 0 aliphatic carbocycles. The minimum Gasteiger partial charge on any atom is -0.492 e. The molecule has 1 fully saturated rings. The summed E-state index contributed by atoms with van der Waals surface area (Å²) < 4.78 is 5.79. The highest BCUT2D eigenvalue weighted by molar-refractivity contribution is 5.94. The molecule has 0 unspecified atom stereocenters. The second-order valence-electron chi connectivity index (χ2n) is 7.65. The van der Waals surface area contributed by atoms with Crippen LogP contribution in [0.25, 0.3) is 0 Å². The third kappa shape index (κ3) is 6.21. The maximum absolute atomic E-state index is 12.6. The Morgan fingerprint density at radius 2 is 1.69 bits per heavy atom. The SMILES string of the molecule is C[C@H](C(=O)Nc1ccc(N(C)C)cc1)N1CCN(CCOc2ccccc2)CC1. The van der Waals surface area contributed by atoms with E-state index in [1.165, 1.54) is 0 Å². The van der Waals surface area contributed by atoms with Crippen LogP contribution in [0.3, 0.4) is 0 Å². The summed E-state index contributed by atoms with van der Waals surface area (Å²) in [6, 6.07) is 17.7.